The van der Waals surface area contributed by atoms with Crippen molar-refractivity contribution in [1.29, 1.82) is 0 Å². The minimum Gasteiger partial charge on any atom is -0.324 e. The molecule has 1 amide bonds. The number of hydrogen-bond acceptors (Lipinski definition) is 2. The number of para-hydroxylation sites is 1. The first-order valence-corrected chi connectivity index (χ1v) is 5.71. The Kier molecular flexibility index (Phi) is 2.97. The molecular formula is C15H11N2O. The van der Waals surface area contributed by atoms with Crippen molar-refractivity contribution in [2.75, 3.05) is 5.32 Å². The topological polar surface area (TPSA) is 42.0 Å². The van der Waals surface area contributed by atoms with Gasteiger partial charge in [-0.2, -0.15) is 0 Å². The molecule has 0 atom stereocenters. The maximum Gasteiger partial charge on any atom is 0.232 e. The van der Waals surface area contributed by atoms with Crippen molar-refractivity contribution in [2.45, 2.75) is 0 Å². The monoisotopic (exact) mass is 235 g/mol. The average Bonchev–Trinajstić information content (AvgIpc) is 2.93. The Morgan fingerprint density at radius 3 is 2.67 bits per heavy atom. The Balaban J connectivity index is 1.88. The van der Waals surface area contributed by atoms with E-state index in [2.05, 4.69) is 10.3 Å². The zero-order chi connectivity index (χ0) is 12.4. The first-order valence-electron chi connectivity index (χ1n) is 5.71. The van der Waals surface area contributed by atoms with Gasteiger partial charge in [0.25, 0.3) is 0 Å². The molecule has 1 aliphatic rings. The smallest absolute Gasteiger partial charge is 0.232 e. The molecule has 3 nitrogen and oxygen atoms in total. The van der Waals surface area contributed by atoms with E-state index in [9.17, 15) is 4.79 Å². The van der Waals surface area contributed by atoms with Crippen LogP contribution in [0.25, 0.3) is 10.9 Å². The van der Waals surface area contributed by atoms with Crippen LogP contribution in [0, 0.1) is 31.6 Å². The number of anilines is 1. The van der Waals surface area contributed by atoms with E-state index < -0.39 is 0 Å². The molecule has 0 bridgehead atoms. The highest BCUT2D eigenvalue weighted by atomic mass is 16.1. The van der Waals surface area contributed by atoms with Gasteiger partial charge in [-0.1, -0.05) is 18.2 Å². The van der Waals surface area contributed by atoms with E-state index in [-0.39, 0.29) is 5.91 Å². The number of rotatable bonds is 2. The third kappa shape index (κ3) is 2.08. The highest BCUT2D eigenvalue weighted by Gasteiger charge is 2.24. The Morgan fingerprint density at radius 2 is 1.83 bits per heavy atom. The molecule has 2 aromatic rings. The second-order valence-corrected chi connectivity index (χ2v) is 4.01. The SMILES string of the molecule is O=C(Nc1cccc2cccnc12)[C]1[CH][CH][CH][CH]1. The summed E-state index contributed by atoms with van der Waals surface area (Å²) in [6, 6.07) is 9.59. The van der Waals surface area contributed by atoms with E-state index in [4.69, 9.17) is 0 Å². The fraction of sp³-hybridized carbons (Fsp3) is 0. The lowest BCUT2D eigenvalue weighted by molar-refractivity contribution is -0.113. The average molecular weight is 235 g/mol. The molecule has 1 N–H and O–H groups in total. The second kappa shape index (κ2) is 4.77. The predicted molar refractivity (Wildman–Crippen MR) is 70.8 cm³/mol. The van der Waals surface area contributed by atoms with Gasteiger partial charge < -0.3 is 5.32 Å². The summed E-state index contributed by atoms with van der Waals surface area (Å²) in [5.41, 5.74) is 1.54. The Bertz CT molecular complexity index is 568. The van der Waals surface area contributed by atoms with Crippen LogP contribution in [0.3, 0.4) is 0 Å². The highest BCUT2D eigenvalue weighted by Crippen LogP contribution is 2.26. The van der Waals surface area contributed by atoms with Crippen LogP contribution >= 0.6 is 0 Å². The number of benzene rings is 1. The number of carbonyl (C=O) groups is 1. The molecule has 5 radical (unpaired) electrons. The van der Waals surface area contributed by atoms with E-state index in [1.807, 2.05) is 43.2 Å². The summed E-state index contributed by atoms with van der Waals surface area (Å²) in [6.07, 6.45) is 8.98. The molecule has 0 saturated heterocycles. The number of fused-ring (bicyclic) bond motifs is 1. The van der Waals surface area contributed by atoms with Gasteiger partial charge in [-0.05, 0) is 37.8 Å². The zero-order valence-electron chi connectivity index (χ0n) is 9.63. The molecule has 1 aromatic carbocycles. The van der Waals surface area contributed by atoms with Crippen molar-refractivity contribution >= 4 is 22.5 Å². The maximum atomic E-state index is 12.0. The van der Waals surface area contributed by atoms with E-state index in [0.29, 0.717) is 5.92 Å². The van der Waals surface area contributed by atoms with E-state index >= 15 is 0 Å². The van der Waals surface area contributed by atoms with Gasteiger partial charge in [0.1, 0.15) is 0 Å². The Hall–Kier alpha value is -1.90. The van der Waals surface area contributed by atoms with Gasteiger partial charge in [0, 0.05) is 11.6 Å². The van der Waals surface area contributed by atoms with Crippen molar-refractivity contribution in [3.05, 3.63) is 68.1 Å². The summed E-state index contributed by atoms with van der Waals surface area (Å²) in [6.45, 7) is 0. The molecule has 0 aliphatic heterocycles. The standard InChI is InChI=1S/C15H11N2O/c18-15(12-5-1-2-6-12)17-13-9-3-7-11-8-4-10-16-14(11)13/h1-10H,(H,17,18). The molecule has 0 spiro atoms. The molecule has 1 fully saturated rings. The van der Waals surface area contributed by atoms with Crippen LogP contribution in [0.2, 0.25) is 0 Å². The number of carbonyl (C=O) groups excluding carboxylic acids is 1. The summed E-state index contributed by atoms with van der Waals surface area (Å²) < 4.78 is 0. The van der Waals surface area contributed by atoms with E-state index in [1.54, 1.807) is 19.0 Å². The summed E-state index contributed by atoms with van der Waals surface area (Å²) in [7, 11) is 0. The molecule has 3 heteroatoms. The number of amides is 1. The van der Waals surface area contributed by atoms with Gasteiger partial charge in [0.15, 0.2) is 0 Å². The van der Waals surface area contributed by atoms with Crippen LogP contribution in [0.4, 0.5) is 5.69 Å². The number of aromatic nitrogens is 1. The van der Waals surface area contributed by atoms with Crippen LogP contribution in [0.5, 0.6) is 0 Å². The molecule has 1 aromatic heterocycles. The zero-order valence-corrected chi connectivity index (χ0v) is 9.63. The molecule has 87 valence electrons. The Labute approximate surface area is 106 Å². The van der Waals surface area contributed by atoms with Gasteiger partial charge in [-0.15, -0.1) is 0 Å². The van der Waals surface area contributed by atoms with Crippen molar-refractivity contribution in [2.24, 2.45) is 0 Å². The van der Waals surface area contributed by atoms with Crippen molar-refractivity contribution in [3.8, 4) is 0 Å². The van der Waals surface area contributed by atoms with Gasteiger partial charge in [0.2, 0.25) is 5.91 Å². The van der Waals surface area contributed by atoms with Crippen molar-refractivity contribution in [1.82, 2.24) is 4.98 Å². The first kappa shape index (κ1) is 11.2. The number of hydrogen-bond donors (Lipinski definition) is 1. The molecule has 1 aliphatic carbocycles. The second-order valence-electron chi connectivity index (χ2n) is 4.01. The van der Waals surface area contributed by atoms with Gasteiger partial charge in [0.05, 0.1) is 17.1 Å². The third-order valence-electron chi connectivity index (χ3n) is 2.81. The van der Waals surface area contributed by atoms with Gasteiger partial charge in [-0.3, -0.25) is 9.78 Å². The molecule has 3 rings (SSSR count). The van der Waals surface area contributed by atoms with E-state index in [0.717, 1.165) is 16.6 Å². The number of nitrogens with one attached hydrogen (secondary N) is 1. The summed E-state index contributed by atoms with van der Waals surface area (Å²) in [4.78, 5) is 16.3. The first-order chi connectivity index (χ1) is 8.84. The lowest BCUT2D eigenvalue weighted by Crippen LogP contribution is -2.19. The Morgan fingerprint density at radius 1 is 1.06 bits per heavy atom. The highest BCUT2D eigenvalue weighted by molar-refractivity contribution is 6.08. The van der Waals surface area contributed by atoms with Crippen molar-refractivity contribution < 1.29 is 4.79 Å². The summed E-state index contributed by atoms with van der Waals surface area (Å²) >= 11 is 0. The van der Waals surface area contributed by atoms with Crippen LogP contribution in [-0.2, 0) is 4.79 Å². The number of nitrogens with zero attached hydrogens (tertiary/aromatic N) is 1. The molecule has 1 heterocycles. The number of pyridine rings is 1. The van der Waals surface area contributed by atoms with Gasteiger partial charge >= 0.3 is 0 Å². The molecule has 1 saturated carbocycles. The normalized spacial score (nSPS) is 16.0. The van der Waals surface area contributed by atoms with Crippen LogP contribution in [-0.4, -0.2) is 10.9 Å². The summed E-state index contributed by atoms with van der Waals surface area (Å²) in [5, 5.41) is 3.90. The largest absolute Gasteiger partial charge is 0.324 e. The molecular weight excluding hydrogens is 224 g/mol. The van der Waals surface area contributed by atoms with Gasteiger partial charge in [-0.25, -0.2) is 0 Å². The summed E-state index contributed by atoms with van der Waals surface area (Å²) in [5.74, 6) is 0.543. The quantitative estimate of drug-likeness (QED) is 0.869. The lowest BCUT2D eigenvalue weighted by atomic mass is 10.1. The van der Waals surface area contributed by atoms with E-state index in [1.165, 1.54) is 0 Å². The van der Waals surface area contributed by atoms with Crippen LogP contribution < -0.4 is 5.32 Å². The van der Waals surface area contributed by atoms with Crippen LogP contribution in [0.15, 0.2) is 36.5 Å². The van der Waals surface area contributed by atoms with Crippen LogP contribution in [0.1, 0.15) is 0 Å². The maximum absolute atomic E-state index is 12.0. The minimum absolute atomic E-state index is 0.113. The minimum atomic E-state index is -0.113. The lowest BCUT2D eigenvalue weighted by Gasteiger charge is -2.10. The fourth-order valence-corrected chi connectivity index (χ4v) is 1.92. The fourth-order valence-electron chi connectivity index (χ4n) is 1.92. The third-order valence-corrected chi connectivity index (χ3v) is 2.81. The predicted octanol–water partition coefficient (Wildman–Crippen LogP) is 2.58. The molecule has 18 heavy (non-hydrogen) atoms. The van der Waals surface area contributed by atoms with Crippen molar-refractivity contribution in [3.63, 3.8) is 0 Å². The molecule has 0 unspecified atom stereocenters.